The van der Waals surface area contributed by atoms with Gasteiger partial charge >= 0.3 is 0 Å². The van der Waals surface area contributed by atoms with Gasteiger partial charge in [-0.2, -0.15) is 0 Å². The second-order valence-corrected chi connectivity index (χ2v) is 7.84. The van der Waals surface area contributed by atoms with Crippen molar-refractivity contribution in [2.24, 2.45) is 0 Å². The van der Waals surface area contributed by atoms with E-state index in [9.17, 15) is 9.59 Å². The molecule has 214 valence electrons. The Labute approximate surface area is 222 Å². The Kier molecular flexibility index (Phi) is 51.6. The lowest BCUT2D eigenvalue weighted by atomic mass is 10.1. The monoisotopic (exact) mass is 516 g/mol. The molecule has 0 radical (unpaired) electrons. The first kappa shape index (κ1) is 46.8. The molecule has 1 rings (SSSR count). The molecule has 1 unspecified atom stereocenters. The molecule has 2 amide bonds. The standard InChI is InChI=1S/C10H18N2O3.C7H14.C5H12O.C2H6.C2H2.2CH2O/c1-8(15-2)9-4-3-5-12(9)10(14)6-11-7-13;1-3-5-7-6-4-2;1-5(2,3)6-4;4*1-2/h7-9H,3-6H2,1-2H3,(H,11,13);3H,1,4-7H2,2H3;1-4H3;1-2H3;1-2H;2*1H2/t8-,9?;;;;;;/m0....../s1. The third kappa shape index (κ3) is 36.1. The highest BCUT2D eigenvalue weighted by atomic mass is 16.5. The van der Waals surface area contributed by atoms with Crippen LogP contribution in [0.3, 0.4) is 0 Å². The number of amides is 2. The van der Waals surface area contributed by atoms with Crippen LogP contribution in [0.25, 0.3) is 0 Å². The van der Waals surface area contributed by atoms with Crippen molar-refractivity contribution in [2.75, 3.05) is 27.3 Å². The Hall–Kier alpha value is -2.50. The predicted molar refractivity (Wildman–Crippen MR) is 152 cm³/mol. The van der Waals surface area contributed by atoms with Crippen LogP contribution in [-0.2, 0) is 28.7 Å². The lowest BCUT2D eigenvalue weighted by Gasteiger charge is -2.28. The Morgan fingerprint density at radius 1 is 1.14 bits per heavy atom. The molecule has 1 N–H and O–H groups in total. The zero-order chi connectivity index (χ0) is 30.0. The van der Waals surface area contributed by atoms with Crippen LogP contribution in [0.5, 0.6) is 0 Å². The van der Waals surface area contributed by atoms with Crippen LogP contribution in [0.4, 0.5) is 0 Å². The van der Waals surface area contributed by atoms with E-state index in [1.54, 1.807) is 19.1 Å². The molecule has 0 spiro atoms. The molecular weight excluding hydrogens is 460 g/mol. The molecule has 1 aliphatic heterocycles. The number of hydrogen-bond donors (Lipinski definition) is 1. The van der Waals surface area contributed by atoms with Crippen molar-refractivity contribution < 1.29 is 28.7 Å². The van der Waals surface area contributed by atoms with E-state index >= 15 is 0 Å². The van der Waals surface area contributed by atoms with Crippen molar-refractivity contribution in [3.63, 3.8) is 0 Å². The molecule has 8 heteroatoms. The number of likely N-dealkylation sites (tertiary alicyclic amines) is 1. The van der Waals surface area contributed by atoms with Gasteiger partial charge in [-0.05, 0) is 53.4 Å². The van der Waals surface area contributed by atoms with Crippen LogP contribution in [0.15, 0.2) is 12.7 Å². The van der Waals surface area contributed by atoms with Crippen LogP contribution in [0.2, 0.25) is 0 Å². The molecule has 8 nitrogen and oxygen atoms in total. The number of terminal acetylenes is 1. The molecule has 1 heterocycles. The van der Waals surface area contributed by atoms with Crippen molar-refractivity contribution in [1.82, 2.24) is 10.2 Å². The van der Waals surface area contributed by atoms with Gasteiger partial charge < -0.3 is 29.3 Å². The number of rotatable bonds is 9. The van der Waals surface area contributed by atoms with Crippen LogP contribution in [-0.4, -0.2) is 75.9 Å². The zero-order valence-electron chi connectivity index (χ0n) is 24.6. The van der Waals surface area contributed by atoms with Crippen molar-refractivity contribution in [2.45, 2.75) is 105 Å². The van der Waals surface area contributed by atoms with E-state index in [0.29, 0.717) is 6.41 Å². The number of nitrogens with one attached hydrogen (secondary N) is 1. The molecule has 0 saturated carbocycles. The molecule has 0 aromatic heterocycles. The second-order valence-electron chi connectivity index (χ2n) is 7.84. The van der Waals surface area contributed by atoms with Gasteiger partial charge in [-0.25, -0.2) is 0 Å². The predicted octanol–water partition coefficient (Wildman–Crippen LogP) is 4.85. The van der Waals surface area contributed by atoms with Crippen LogP contribution in [0, 0.1) is 12.8 Å². The summed E-state index contributed by atoms with van der Waals surface area (Å²) in [5.74, 6) is -0.0338. The van der Waals surface area contributed by atoms with E-state index in [1.165, 1.54) is 25.7 Å². The van der Waals surface area contributed by atoms with E-state index in [1.807, 2.05) is 61.2 Å². The summed E-state index contributed by atoms with van der Waals surface area (Å²) in [6.07, 6.45) is 17.7. The summed E-state index contributed by atoms with van der Waals surface area (Å²) < 4.78 is 10.2. The molecular formula is C28H56N2O6. The molecule has 1 fully saturated rings. The normalized spacial score (nSPS) is 13.5. The minimum absolute atomic E-state index is 0.0338. The van der Waals surface area contributed by atoms with Crippen molar-refractivity contribution in [3.8, 4) is 12.8 Å². The van der Waals surface area contributed by atoms with Gasteiger partial charge in [0.25, 0.3) is 0 Å². The Balaban J connectivity index is -0.0000000904. The quantitative estimate of drug-likeness (QED) is 0.203. The fraction of sp³-hybridized carbons (Fsp3) is 0.714. The average Bonchev–Trinajstić information content (AvgIpc) is 3.42. The summed E-state index contributed by atoms with van der Waals surface area (Å²) in [4.78, 5) is 39.6. The van der Waals surface area contributed by atoms with Gasteiger partial charge in [0.05, 0.1) is 24.3 Å². The first-order chi connectivity index (χ1) is 17.2. The first-order valence-corrected chi connectivity index (χ1v) is 12.2. The summed E-state index contributed by atoms with van der Waals surface area (Å²) in [6.45, 7) is 22.7. The number of carbonyl (C=O) groups is 4. The Morgan fingerprint density at radius 3 is 1.94 bits per heavy atom. The van der Waals surface area contributed by atoms with Gasteiger partial charge in [-0.3, -0.25) is 9.59 Å². The highest BCUT2D eigenvalue weighted by Gasteiger charge is 2.32. The van der Waals surface area contributed by atoms with E-state index < -0.39 is 0 Å². The number of carbonyl (C=O) groups excluding carboxylic acids is 4. The van der Waals surface area contributed by atoms with E-state index in [2.05, 4.69) is 31.7 Å². The lowest BCUT2D eigenvalue weighted by Crippen LogP contribution is -2.45. The van der Waals surface area contributed by atoms with Gasteiger partial charge in [-0.1, -0.05) is 39.7 Å². The summed E-state index contributed by atoms with van der Waals surface area (Å²) in [7, 11) is 3.36. The van der Waals surface area contributed by atoms with E-state index in [-0.39, 0.29) is 30.2 Å². The Bertz CT molecular complexity index is 476. The van der Waals surface area contributed by atoms with Crippen molar-refractivity contribution in [1.29, 1.82) is 0 Å². The average molecular weight is 517 g/mol. The van der Waals surface area contributed by atoms with Crippen LogP contribution < -0.4 is 5.32 Å². The third-order valence-electron chi connectivity index (χ3n) is 4.49. The minimum atomic E-state index is -0.0338. The number of nitrogens with zero attached hydrogens (tertiary/aromatic N) is 1. The smallest absolute Gasteiger partial charge is 0.242 e. The number of hydrogen-bond acceptors (Lipinski definition) is 6. The highest BCUT2D eigenvalue weighted by molar-refractivity contribution is 5.80. The number of ether oxygens (including phenoxy) is 2. The lowest BCUT2D eigenvalue weighted by molar-refractivity contribution is -0.134. The number of allylic oxidation sites excluding steroid dienone is 1. The summed E-state index contributed by atoms with van der Waals surface area (Å²) >= 11 is 0. The summed E-state index contributed by atoms with van der Waals surface area (Å²) in [5.41, 5.74) is 0.0417. The molecule has 0 bridgehead atoms. The number of methoxy groups -OCH3 is 2. The zero-order valence-corrected chi connectivity index (χ0v) is 24.6. The number of unbranched alkanes of at least 4 members (excludes halogenated alkanes) is 3. The minimum Gasteiger partial charge on any atom is -0.380 e. The van der Waals surface area contributed by atoms with E-state index in [0.717, 1.165) is 19.4 Å². The van der Waals surface area contributed by atoms with Crippen LogP contribution >= 0.6 is 0 Å². The highest BCUT2D eigenvalue weighted by Crippen LogP contribution is 2.21. The van der Waals surface area contributed by atoms with Crippen molar-refractivity contribution >= 4 is 25.9 Å². The molecule has 0 aromatic carbocycles. The maximum absolute atomic E-state index is 11.7. The summed E-state index contributed by atoms with van der Waals surface area (Å²) in [5, 5.41) is 2.39. The van der Waals surface area contributed by atoms with Gasteiger partial charge in [0.2, 0.25) is 12.3 Å². The van der Waals surface area contributed by atoms with Crippen molar-refractivity contribution in [3.05, 3.63) is 12.7 Å². The maximum atomic E-state index is 11.7. The first-order valence-electron chi connectivity index (χ1n) is 12.2. The molecule has 36 heavy (non-hydrogen) atoms. The molecule has 0 aromatic rings. The molecule has 2 atom stereocenters. The van der Waals surface area contributed by atoms with Gasteiger partial charge in [0, 0.05) is 20.8 Å². The fourth-order valence-electron chi connectivity index (χ4n) is 2.52. The third-order valence-corrected chi connectivity index (χ3v) is 4.49. The van der Waals surface area contributed by atoms with Gasteiger partial charge in [0.1, 0.15) is 13.6 Å². The SMILES string of the molecule is C#C.C=CCCCCC.C=O.C=O.CC.COC(C)(C)C.CO[C@@H](C)C1CCCN1C(=O)CNC=O. The summed E-state index contributed by atoms with van der Waals surface area (Å²) in [6, 6.07) is 0.149. The van der Waals surface area contributed by atoms with E-state index in [4.69, 9.17) is 19.1 Å². The molecule has 0 aliphatic carbocycles. The molecule has 1 saturated heterocycles. The van der Waals surface area contributed by atoms with Gasteiger partial charge in [-0.15, -0.1) is 19.4 Å². The Morgan fingerprint density at radius 2 is 1.61 bits per heavy atom. The van der Waals surface area contributed by atoms with Gasteiger partial charge in [0.15, 0.2) is 0 Å². The molecule has 1 aliphatic rings. The topological polar surface area (TPSA) is 102 Å². The largest absolute Gasteiger partial charge is 0.380 e. The fourth-order valence-corrected chi connectivity index (χ4v) is 2.52. The van der Waals surface area contributed by atoms with Crippen LogP contribution in [0.1, 0.15) is 87.0 Å². The second kappa shape index (κ2) is 39.7. The maximum Gasteiger partial charge on any atom is 0.242 e.